The summed E-state index contributed by atoms with van der Waals surface area (Å²) >= 11 is 0. The summed E-state index contributed by atoms with van der Waals surface area (Å²) in [7, 11) is 0. The van der Waals surface area contributed by atoms with E-state index >= 15 is 0 Å². The molecule has 42 heavy (non-hydrogen) atoms. The number of allylic oxidation sites excluding steroid dienone is 3. The number of nitrogens with zero attached hydrogens (tertiary/aromatic N) is 3. The minimum Gasteiger partial charge on any atom is -0.489 e. The van der Waals surface area contributed by atoms with E-state index in [9.17, 15) is 24.6 Å². The molecule has 1 heterocycles. The number of nitro groups is 1. The number of ether oxygens (including phenoxy) is 1. The molecular weight excluding hydrogens is 535 g/mol. The fourth-order valence-electron chi connectivity index (χ4n) is 5.97. The Morgan fingerprint density at radius 2 is 1.86 bits per heavy atom. The SMILES string of the molecule is Cc1cc(COc2ccc(F)cc2)c(C)c(C2C(C#N)=C(N)N(c3cccc([N+](=O)[O-])c3)C3=C2C(=O)CC(C)(C)C3)c1. The Bertz CT molecular complexity index is 1720. The molecule has 2 aliphatic rings. The lowest BCUT2D eigenvalue weighted by atomic mass is 9.68. The van der Waals surface area contributed by atoms with Gasteiger partial charge in [-0.1, -0.05) is 37.6 Å². The fourth-order valence-corrected chi connectivity index (χ4v) is 5.97. The number of nitrogens with two attached hydrogens (primary N) is 1. The molecule has 8 nitrogen and oxygen atoms in total. The number of hydrogen-bond acceptors (Lipinski definition) is 7. The van der Waals surface area contributed by atoms with E-state index in [0.29, 0.717) is 29.1 Å². The van der Waals surface area contributed by atoms with Gasteiger partial charge >= 0.3 is 0 Å². The second-order valence-corrected chi connectivity index (χ2v) is 11.6. The number of carbonyl (C=O) groups excluding carboxylic acids is 1. The number of non-ortho nitro benzene ring substituents is 1. The molecule has 0 saturated carbocycles. The van der Waals surface area contributed by atoms with Gasteiger partial charge in [-0.3, -0.25) is 19.8 Å². The number of nitriles is 1. The van der Waals surface area contributed by atoms with Crippen LogP contribution in [0.4, 0.5) is 15.8 Å². The van der Waals surface area contributed by atoms with E-state index < -0.39 is 10.8 Å². The molecular formula is C33H31FN4O4. The van der Waals surface area contributed by atoms with Gasteiger partial charge in [0, 0.05) is 29.8 Å². The molecule has 9 heteroatoms. The minimum absolute atomic E-state index is 0.0908. The highest BCUT2D eigenvalue weighted by molar-refractivity contribution is 6.01. The lowest BCUT2D eigenvalue weighted by Gasteiger charge is -2.44. The van der Waals surface area contributed by atoms with Crippen LogP contribution in [0.5, 0.6) is 5.75 Å². The van der Waals surface area contributed by atoms with Crippen LogP contribution in [0.2, 0.25) is 0 Å². The maximum Gasteiger partial charge on any atom is 0.271 e. The first-order chi connectivity index (χ1) is 19.9. The van der Waals surface area contributed by atoms with E-state index in [0.717, 1.165) is 22.3 Å². The molecule has 0 fully saturated rings. The van der Waals surface area contributed by atoms with Gasteiger partial charge in [-0.25, -0.2) is 4.39 Å². The number of aryl methyl sites for hydroxylation is 1. The van der Waals surface area contributed by atoms with Crippen LogP contribution in [-0.2, 0) is 11.4 Å². The zero-order chi connectivity index (χ0) is 30.3. The molecule has 0 aromatic heterocycles. The smallest absolute Gasteiger partial charge is 0.271 e. The molecule has 3 aromatic rings. The first-order valence-electron chi connectivity index (χ1n) is 13.6. The van der Waals surface area contributed by atoms with E-state index in [1.165, 1.54) is 24.3 Å². The number of Topliss-reactive ketones (excluding diaryl/α,β-unsaturated/α-hetero) is 1. The molecule has 2 N–H and O–H groups in total. The summed E-state index contributed by atoms with van der Waals surface area (Å²) in [5, 5.41) is 22.0. The first kappa shape index (κ1) is 28.6. The molecule has 0 saturated heterocycles. The Morgan fingerprint density at radius 1 is 1.14 bits per heavy atom. The van der Waals surface area contributed by atoms with Crippen LogP contribution in [0.15, 0.2) is 83.3 Å². The lowest BCUT2D eigenvalue weighted by Crippen LogP contribution is -2.42. The summed E-state index contributed by atoms with van der Waals surface area (Å²) in [6.07, 6.45) is 0.771. The summed E-state index contributed by atoms with van der Waals surface area (Å²) in [5.74, 6) is -0.511. The summed E-state index contributed by atoms with van der Waals surface area (Å²) in [4.78, 5) is 26.7. The van der Waals surface area contributed by atoms with Gasteiger partial charge < -0.3 is 10.5 Å². The van der Waals surface area contributed by atoms with Gasteiger partial charge in [-0.05, 0) is 72.7 Å². The molecule has 0 radical (unpaired) electrons. The number of halogens is 1. The van der Waals surface area contributed by atoms with Crippen LogP contribution in [0.1, 0.15) is 54.9 Å². The number of hydrogen-bond donors (Lipinski definition) is 1. The highest BCUT2D eigenvalue weighted by Gasteiger charge is 2.45. The fraction of sp³-hybridized carbons (Fsp3) is 0.273. The second-order valence-electron chi connectivity index (χ2n) is 11.6. The molecule has 1 atom stereocenters. The molecule has 0 spiro atoms. The molecule has 3 aromatic carbocycles. The highest BCUT2D eigenvalue weighted by atomic mass is 19.1. The molecule has 5 rings (SSSR count). The van der Waals surface area contributed by atoms with Crippen molar-refractivity contribution in [3.8, 4) is 11.8 Å². The molecule has 1 unspecified atom stereocenters. The van der Waals surface area contributed by atoms with Crippen LogP contribution < -0.4 is 15.4 Å². The number of benzene rings is 3. The summed E-state index contributed by atoms with van der Waals surface area (Å²) in [6.45, 7) is 8.05. The van der Waals surface area contributed by atoms with Crippen molar-refractivity contribution in [2.75, 3.05) is 4.90 Å². The van der Waals surface area contributed by atoms with Crippen molar-refractivity contribution in [1.82, 2.24) is 0 Å². The van der Waals surface area contributed by atoms with E-state index in [-0.39, 0.29) is 47.1 Å². The zero-order valence-electron chi connectivity index (χ0n) is 23.9. The largest absolute Gasteiger partial charge is 0.489 e. The van der Waals surface area contributed by atoms with E-state index in [1.54, 1.807) is 29.2 Å². The zero-order valence-corrected chi connectivity index (χ0v) is 23.9. The van der Waals surface area contributed by atoms with Crippen LogP contribution in [0, 0.1) is 46.5 Å². The number of carbonyl (C=O) groups is 1. The van der Waals surface area contributed by atoms with E-state index in [2.05, 4.69) is 6.07 Å². The van der Waals surface area contributed by atoms with Crippen molar-refractivity contribution >= 4 is 17.2 Å². The number of nitro benzene ring substituents is 1. The van der Waals surface area contributed by atoms with Gasteiger partial charge in [0.25, 0.3) is 5.69 Å². The first-order valence-corrected chi connectivity index (χ1v) is 13.6. The van der Waals surface area contributed by atoms with Gasteiger partial charge in [0.1, 0.15) is 24.0 Å². The van der Waals surface area contributed by atoms with Crippen molar-refractivity contribution in [1.29, 1.82) is 5.26 Å². The summed E-state index contributed by atoms with van der Waals surface area (Å²) < 4.78 is 19.3. The maximum atomic E-state index is 13.9. The Labute approximate surface area is 243 Å². The third-order valence-electron chi connectivity index (χ3n) is 7.90. The number of ketones is 1. The molecule has 0 bridgehead atoms. The maximum absolute atomic E-state index is 13.9. The van der Waals surface area contributed by atoms with Crippen molar-refractivity contribution in [2.24, 2.45) is 11.1 Å². The quantitative estimate of drug-likeness (QED) is 0.255. The highest BCUT2D eigenvalue weighted by Crippen LogP contribution is 2.51. The molecule has 214 valence electrons. The average molecular weight is 567 g/mol. The Balaban J connectivity index is 1.67. The van der Waals surface area contributed by atoms with Crippen molar-refractivity contribution < 1.29 is 18.8 Å². The van der Waals surface area contributed by atoms with E-state index in [1.807, 2.05) is 39.8 Å². The van der Waals surface area contributed by atoms with Gasteiger partial charge in [-0.2, -0.15) is 5.26 Å². The molecule has 1 aliphatic heterocycles. The third-order valence-corrected chi connectivity index (χ3v) is 7.90. The van der Waals surface area contributed by atoms with Crippen LogP contribution in [-0.4, -0.2) is 10.7 Å². The number of rotatable bonds is 6. The van der Waals surface area contributed by atoms with Gasteiger partial charge in [0.05, 0.1) is 28.2 Å². The Hall–Kier alpha value is -4.97. The monoisotopic (exact) mass is 566 g/mol. The van der Waals surface area contributed by atoms with Crippen LogP contribution >= 0.6 is 0 Å². The summed E-state index contributed by atoms with van der Waals surface area (Å²) in [5.41, 5.74) is 11.4. The third kappa shape index (κ3) is 5.23. The number of anilines is 1. The van der Waals surface area contributed by atoms with Gasteiger partial charge in [0.15, 0.2) is 5.78 Å². The topological polar surface area (TPSA) is 122 Å². The Morgan fingerprint density at radius 3 is 2.52 bits per heavy atom. The standard InChI is InChI=1S/C33H31FN4O4/c1-19-12-21(18-42-25-10-8-22(34)9-11-25)20(2)26(13-19)30-27(17-35)32(36)37(23-6-5-7-24(14-23)38(40)41)28-15-33(3,4)16-29(39)31(28)30/h5-14,30H,15-16,18,36H2,1-4H3. The molecule has 1 aliphatic carbocycles. The van der Waals surface area contributed by atoms with Crippen LogP contribution in [0.3, 0.4) is 0 Å². The predicted molar refractivity (Wildman–Crippen MR) is 157 cm³/mol. The van der Waals surface area contributed by atoms with Crippen LogP contribution in [0.25, 0.3) is 0 Å². The average Bonchev–Trinajstić information content (AvgIpc) is 2.93. The molecule has 0 amide bonds. The van der Waals surface area contributed by atoms with E-state index in [4.69, 9.17) is 10.5 Å². The second kappa shape index (κ2) is 10.8. The van der Waals surface area contributed by atoms with Crippen molar-refractivity contribution in [3.63, 3.8) is 0 Å². The Kier molecular flexibility index (Phi) is 7.33. The lowest BCUT2D eigenvalue weighted by molar-refractivity contribution is -0.384. The van der Waals surface area contributed by atoms with Crippen molar-refractivity contribution in [2.45, 2.75) is 53.1 Å². The minimum atomic E-state index is -0.715. The normalized spacial score (nSPS) is 18.0. The summed E-state index contributed by atoms with van der Waals surface area (Å²) in [6, 6.07) is 18.0. The van der Waals surface area contributed by atoms with Gasteiger partial charge in [-0.15, -0.1) is 0 Å². The van der Waals surface area contributed by atoms with Gasteiger partial charge in [0.2, 0.25) is 0 Å². The predicted octanol–water partition coefficient (Wildman–Crippen LogP) is 6.87. The van der Waals surface area contributed by atoms with Crippen molar-refractivity contribution in [3.05, 3.63) is 122 Å².